The second-order valence-electron chi connectivity index (χ2n) is 6.19. The number of rotatable bonds is 2. The minimum Gasteiger partial charge on any atom is -0.497 e. The zero-order chi connectivity index (χ0) is 19.5. The number of hydrogen-bond acceptors (Lipinski definition) is 6. The molecular formula is C18H16N4O5. The minimum atomic E-state index is -0.550. The lowest BCUT2D eigenvalue weighted by molar-refractivity contribution is 0.415. The monoisotopic (exact) mass is 368 g/mol. The molecule has 0 N–H and O–H groups in total. The van der Waals surface area contributed by atoms with E-state index in [1.807, 2.05) is 0 Å². The number of pyridine rings is 1. The van der Waals surface area contributed by atoms with Gasteiger partial charge in [-0.25, -0.2) is 9.78 Å². The number of aryl methyl sites for hydroxylation is 2. The standard InChI is InChI=1S/C18H16N4O5/c1-20-15-11(16(23)22(3)18(25)21(15)2)13-12(17(20)24)19-14(27-13)9-5-7-10(26-4)8-6-9/h5-8H,1-4H3. The first-order chi connectivity index (χ1) is 12.8. The zero-order valence-electron chi connectivity index (χ0n) is 15.1. The molecule has 0 aliphatic rings. The molecule has 0 amide bonds. The molecule has 27 heavy (non-hydrogen) atoms. The van der Waals surface area contributed by atoms with Crippen LogP contribution in [0.15, 0.2) is 43.1 Å². The van der Waals surface area contributed by atoms with Crippen molar-refractivity contribution in [1.29, 1.82) is 0 Å². The molecule has 1 aromatic carbocycles. The van der Waals surface area contributed by atoms with E-state index in [0.29, 0.717) is 11.3 Å². The lowest BCUT2D eigenvalue weighted by atomic mass is 10.2. The topological polar surface area (TPSA) is 101 Å². The Bertz CT molecular complexity index is 1390. The molecule has 3 heterocycles. The summed E-state index contributed by atoms with van der Waals surface area (Å²) in [5.74, 6) is 0.869. The summed E-state index contributed by atoms with van der Waals surface area (Å²) in [4.78, 5) is 42.0. The Morgan fingerprint density at radius 2 is 1.59 bits per heavy atom. The van der Waals surface area contributed by atoms with E-state index in [0.717, 1.165) is 4.57 Å². The average Bonchev–Trinajstić information content (AvgIpc) is 3.12. The fraction of sp³-hybridized carbons (Fsp3) is 0.222. The number of oxazole rings is 1. The van der Waals surface area contributed by atoms with Gasteiger partial charge in [-0.2, -0.15) is 0 Å². The fourth-order valence-electron chi connectivity index (χ4n) is 3.17. The van der Waals surface area contributed by atoms with E-state index in [2.05, 4.69) is 4.98 Å². The number of benzene rings is 1. The number of hydrogen-bond donors (Lipinski definition) is 0. The summed E-state index contributed by atoms with van der Waals surface area (Å²) in [5.41, 5.74) is -0.629. The van der Waals surface area contributed by atoms with Crippen molar-refractivity contribution in [3.63, 3.8) is 0 Å². The lowest BCUT2D eigenvalue weighted by Gasteiger charge is -2.10. The molecule has 9 nitrogen and oxygen atoms in total. The Morgan fingerprint density at radius 3 is 2.22 bits per heavy atom. The number of aromatic nitrogens is 4. The Labute approximate surface area is 151 Å². The Kier molecular flexibility index (Phi) is 3.55. The molecule has 0 aliphatic heterocycles. The summed E-state index contributed by atoms with van der Waals surface area (Å²) in [7, 11) is 5.92. The van der Waals surface area contributed by atoms with Crippen molar-refractivity contribution in [1.82, 2.24) is 18.7 Å². The maximum Gasteiger partial charge on any atom is 0.332 e. The first-order valence-electron chi connectivity index (χ1n) is 8.08. The molecule has 9 heteroatoms. The lowest BCUT2D eigenvalue weighted by Crippen LogP contribution is -2.39. The molecule has 0 spiro atoms. The fourth-order valence-corrected chi connectivity index (χ4v) is 3.17. The summed E-state index contributed by atoms with van der Waals surface area (Å²) < 4.78 is 14.4. The third-order valence-corrected chi connectivity index (χ3v) is 4.65. The van der Waals surface area contributed by atoms with Crippen LogP contribution >= 0.6 is 0 Å². The largest absolute Gasteiger partial charge is 0.497 e. The maximum atomic E-state index is 12.7. The van der Waals surface area contributed by atoms with E-state index < -0.39 is 16.8 Å². The summed E-state index contributed by atoms with van der Waals surface area (Å²) in [6.07, 6.45) is 0. The van der Waals surface area contributed by atoms with E-state index in [4.69, 9.17) is 9.15 Å². The number of nitrogens with zero attached hydrogens (tertiary/aromatic N) is 4. The van der Waals surface area contributed by atoms with Crippen LogP contribution in [0, 0.1) is 0 Å². The molecule has 0 radical (unpaired) electrons. The number of ether oxygens (including phenoxy) is 1. The van der Waals surface area contributed by atoms with Crippen LogP contribution in [0.3, 0.4) is 0 Å². The van der Waals surface area contributed by atoms with Crippen molar-refractivity contribution in [3.05, 3.63) is 55.5 Å². The molecule has 0 unspecified atom stereocenters. The van der Waals surface area contributed by atoms with Gasteiger partial charge in [0.05, 0.1) is 7.11 Å². The molecule has 0 saturated carbocycles. The smallest absolute Gasteiger partial charge is 0.332 e. The van der Waals surface area contributed by atoms with Crippen LogP contribution in [0.2, 0.25) is 0 Å². The molecule has 0 atom stereocenters. The highest BCUT2D eigenvalue weighted by Gasteiger charge is 2.22. The molecule has 4 rings (SSSR count). The van der Waals surface area contributed by atoms with Gasteiger partial charge in [0.2, 0.25) is 5.89 Å². The Morgan fingerprint density at radius 1 is 0.926 bits per heavy atom. The average molecular weight is 368 g/mol. The highest BCUT2D eigenvalue weighted by atomic mass is 16.5. The third kappa shape index (κ3) is 2.24. The van der Waals surface area contributed by atoms with E-state index in [-0.39, 0.29) is 28.0 Å². The van der Waals surface area contributed by atoms with Crippen molar-refractivity contribution in [3.8, 4) is 17.2 Å². The highest BCUT2D eigenvalue weighted by Crippen LogP contribution is 2.27. The first-order valence-corrected chi connectivity index (χ1v) is 8.08. The van der Waals surface area contributed by atoms with Gasteiger partial charge in [0.15, 0.2) is 11.1 Å². The van der Waals surface area contributed by atoms with Crippen LogP contribution in [0.25, 0.3) is 33.6 Å². The molecule has 0 aliphatic carbocycles. The van der Waals surface area contributed by atoms with Crippen molar-refractivity contribution in [2.45, 2.75) is 0 Å². The van der Waals surface area contributed by atoms with Gasteiger partial charge < -0.3 is 9.15 Å². The molecular weight excluding hydrogens is 352 g/mol. The number of methoxy groups -OCH3 is 1. The third-order valence-electron chi connectivity index (χ3n) is 4.65. The molecule has 0 saturated heterocycles. The summed E-state index contributed by atoms with van der Waals surface area (Å²) in [6.45, 7) is 0. The van der Waals surface area contributed by atoms with E-state index in [1.165, 1.54) is 30.3 Å². The normalized spacial score (nSPS) is 11.4. The van der Waals surface area contributed by atoms with Crippen molar-refractivity contribution in [2.24, 2.45) is 21.1 Å². The van der Waals surface area contributed by atoms with Crippen LogP contribution < -0.4 is 21.5 Å². The second-order valence-corrected chi connectivity index (χ2v) is 6.19. The SMILES string of the molecule is COc1ccc(-c2nc3c(=O)n(C)c4c(c(=O)n(C)c(=O)n4C)c3o2)cc1. The summed E-state index contributed by atoms with van der Waals surface area (Å²) in [5, 5.41) is 0.129. The molecule has 4 aromatic rings. The predicted octanol–water partition coefficient (Wildman–Crippen LogP) is 0.753. The maximum absolute atomic E-state index is 12.7. The van der Waals surface area contributed by atoms with Crippen LogP contribution in [0.5, 0.6) is 5.75 Å². The zero-order valence-corrected chi connectivity index (χ0v) is 15.1. The van der Waals surface area contributed by atoms with E-state index in [9.17, 15) is 14.4 Å². The van der Waals surface area contributed by atoms with Gasteiger partial charge >= 0.3 is 5.69 Å². The molecule has 0 bridgehead atoms. The van der Waals surface area contributed by atoms with Crippen molar-refractivity contribution < 1.29 is 9.15 Å². The quantitative estimate of drug-likeness (QED) is 0.518. The van der Waals surface area contributed by atoms with Crippen LogP contribution in [0.4, 0.5) is 0 Å². The van der Waals surface area contributed by atoms with Gasteiger partial charge in [-0.05, 0) is 24.3 Å². The van der Waals surface area contributed by atoms with Gasteiger partial charge in [-0.1, -0.05) is 0 Å². The van der Waals surface area contributed by atoms with Gasteiger partial charge in [0.25, 0.3) is 11.1 Å². The minimum absolute atomic E-state index is 0.0339. The van der Waals surface area contributed by atoms with Crippen LogP contribution in [-0.2, 0) is 21.1 Å². The first kappa shape index (κ1) is 16.8. The van der Waals surface area contributed by atoms with E-state index >= 15 is 0 Å². The van der Waals surface area contributed by atoms with Crippen molar-refractivity contribution >= 4 is 22.1 Å². The second kappa shape index (κ2) is 5.70. The van der Waals surface area contributed by atoms with Gasteiger partial charge in [-0.3, -0.25) is 23.3 Å². The van der Waals surface area contributed by atoms with Gasteiger partial charge in [0, 0.05) is 26.7 Å². The van der Waals surface area contributed by atoms with Gasteiger partial charge in [0.1, 0.15) is 16.8 Å². The molecule has 3 aromatic heterocycles. The summed E-state index contributed by atoms with van der Waals surface area (Å²) in [6, 6.07) is 6.96. The Balaban J connectivity index is 2.16. The van der Waals surface area contributed by atoms with Crippen molar-refractivity contribution in [2.75, 3.05) is 7.11 Å². The molecule has 138 valence electrons. The molecule has 0 fully saturated rings. The van der Waals surface area contributed by atoms with Crippen LogP contribution in [-0.4, -0.2) is 25.8 Å². The predicted molar refractivity (Wildman–Crippen MR) is 99.2 cm³/mol. The van der Waals surface area contributed by atoms with Crippen LogP contribution in [0.1, 0.15) is 0 Å². The van der Waals surface area contributed by atoms with E-state index in [1.54, 1.807) is 31.4 Å². The van der Waals surface area contributed by atoms with Gasteiger partial charge in [-0.15, -0.1) is 0 Å². The summed E-state index contributed by atoms with van der Waals surface area (Å²) >= 11 is 0. The Hall–Kier alpha value is -3.62. The highest BCUT2D eigenvalue weighted by molar-refractivity contribution is 5.99. The number of fused-ring (bicyclic) bond motifs is 3.